The quantitative estimate of drug-likeness (QED) is 0.208. The van der Waals surface area contributed by atoms with Crippen molar-refractivity contribution in [2.75, 3.05) is 0 Å². The Morgan fingerprint density at radius 1 is 0.825 bits per heavy atom. The molecular formula is C31H36N2O7. The van der Waals surface area contributed by atoms with Crippen LogP contribution in [0.1, 0.15) is 51.4 Å². The van der Waals surface area contributed by atoms with E-state index in [1.54, 1.807) is 12.2 Å². The van der Waals surface area contributed by atoms with E-state index in [9.17, 15) is 34.5 Å². The Kier molecular flexibility index (Phi) is 11.4. The molecule has 5 N–H and O–H groups in total. The van der Waals surface area contributed by atoms with Gasteiger partial charge in [0.05, 0.1) is 11.8 Å². The lowest BCUT2D eigenvalue weighted by Gasteiger charge is -2.31. The zero-order valence-electron chi connectivity index (χ0n) is 22.3. The summed E-state index contributed by atoms with van der Waals surface area (Å²) >= 11 is 0. The van der Waals surface area contributed by atoms with E-state index in [0.29, 0.717) is 5.92 Å². The summed E-state index contributed by atoms with van der Waals surface area (Å²) in [6.45, 7) is 0. The zero-order valence-corrected chi connectivity index (χ0v) is 22.3. The highest BCUT2D eigenvalue weighted by molar-refractivity contribution is 6.03. The number of hydrogen-bond donors (Lipinski definition) is 5. The molecule has 3 rings (SSSR count). The van der Waals surface area contributed by atoms with Crippen molar-refractivity contribution in [2.24, 2.45) is 5.92 Å². The Bertz CT molecular complexity index is 1230. The van der Waals surface area contributed by atoms with E-state index in [0.717, 1.165) is 12.2 Å². The number of hydrogen-bond acceptors (Lipinski definition) is 7. The fraction of sp³-hybridized carbons (Fsp3) is 0.355. The molecule has 3 aliphatic rings. The second kappa shape index (κ2) is 14.9. The third kappa shape index (κ3) is 9.29. The van der Waals surface area contributed by atoms with E-state index in [1.807, 2.05) is 12.2 Å². The van der Waals surface area contributed by atoms with Gasteiger partial charge in [-0.05, 0) is 30.9 Å². The molecule has 1 fully saturated rings. The summed E-state index contributed by atoms with van der Waals surface area (Å²) in [6, 6.07) is 0. The normalized spacial score (nSPS) is 25.1. The highest BCUT2D eigenvalue weighted by Gasteiger charge is 2.38. The van der Waals surface area contributed by atoms with Crippen LogP contribution in [0.25, 0.3) is 0 Å². The third-order valence-electron chi connectivity index (χ3n) is 6.81. The van der Waals surface area contributed by atoms with Gasteiger partial charge in [0.15, 0.2) is 11.6 Å². The largest absolute Gasteiger partial charge is 0.510 e. The molecule has 0 aliphatic heterocycles. The Balaban J connectivity index is 1.51. The van der Waals surface area contributed by atoms with Crippen molar-refractivity contribution in [1.29, 1.82) is 0 Å². The second-order valence-corrected chi connectivity index (χ2v) is 9.94. The summed E-state index contributed by atoms with van der Waals surface area (Å²) in [5.41, 5.74) is -2.11. The first-order chi connectivity index (χ1) is 19.2. The zero-order chi connectivity index (χ0) is 29.0. The van der Waals surface area contributed by atoms with Gasteiger partial charge in [-0.15, -0.1) is 0 Å². The van der Waals surface area contributed by atoms with Gasteiger partial charge >= 0.3 is 0 Å². The molecule has 0 unspecified atom stereocenters. The van der Waals surface area contributed by atoms with Crippen LogP contribution in [-0.4, -0.2) is 50.4 Å². The molecule has 0 aromatic rings. The first kappa shape index (κ1) is 30.5. The lowest BCUT2D eigenvalue weighted by molar-refractivity contribution is -0.124. The third-order valence-corrected chi connectivity index (χ3v) is 6.81. The highest BCUT2D eigenvalue weighted by atomic mass is 16.3. The maximum atomic E-state index is 12.3. The predicted molar refractivity (Wildman–Crippen MR) is 150 cm³/mol. The summed E-state index contributed by atoms with van der Waals surface area (Å²) in [7, 11) is 0. The van der Waals surface area contributed by atoms with Crippen LogP contribution in [0.2, 0.25) is 0 Å². The first-order valence-electron chi connectivity index (χ1n) is 13.5. The van der Waals surface area contributed by atoms with Gasteiger partial charge in [0.2, 0.25) is 11.8 Å². The Morgan fingerprint density at radius 3 is 2.10 bits per heavy atom. The Morgan fingerprint density at radius 2 is 1.45 bits per heavy atom. The van der Waals surface area contributed by atoms with Crippen LogP contribution in [0, 0.1) is 5.92 Å². The maximum absolute atomic E-state index is 12.3. The van der Waals surface area contributed by atoms with Gasteiger partial charge in [-0.1, -0.05) is 73.9 Å². The van der Waals surface area contributed by atoms with E-state index in [1.165, 1.54) is 68.6 Å². The minimum atomic E-state index is -1.90. The number of aliphatic hydroxyl groups excluding tert-OH is 2. The average Bonchev–Trinajstić information content (AvgIpc) is 3.24. The maximum Gasteiger partial charge on any atom is 0.248 e. The fourth-order valence-electron chi connectivity index (χ4n) is 4.55. The Labute approximate surface area is 233 Å². The lowest BCUT2D eigenvalue weighted by atomic mass is 9.85. The molecule has 0 spiro atoms. The molecule has 0 radical (unpaired) electrons. The molecule has 9 nitrogen and oxygen atoms in total. The number of nitrogens with one attached hydrogen (secondary N) is 2. The molecule has 2 atom stereocenters. The van der Waals surface area contributed by atoms with Gasteiger partial charge in [0.1, 0.15) is 17.1 Å². The second-order valence-electron chi connectivity index (χ2n) is 9.94. The van der Waals surface area contributed by atoms with E-state index in [4.69, 9.17) is 0 Å². The predicted octanol–water partition coefficient (Wildman–Crippen LogP) is 3.22. The summed E-state index contributed by atoms with van der Waals surface area (Å²) in [5, 5.41) is 35.5. The smallest absolute Gasteiger partial charge is 0.248 e. The fourth-order valence-corrected chi connectivity index (χ4v) is 4.55. The number of carbonyl (C=O) groups is 4. The summed E-state index contributed by atoms with van der Waals surface area (Å²) in [6.07, 6.45) is 24.6. The van der Waals surface area contributed by atoms with Crippen molar-refractivity contribution in [3.8, 4) is 0 Å². The lowest BCUT2D eigenvalue weighted by Crippen LogP contribution is -2.46. The van der Waals surface area contributed by atoms with E-state index >= 15 is 0 Å². The molecule has 2 amide bonds. The molecule has 9 heteroatoms. The highest BCUT2D eigenvalue weighted by Crippen LogP contribution is 2.26. The molecule has 0 bridgehead atoms. The summed E-state index contributed by atoms with van der Waals surface area (Å²) in [5.74, 6) is -1.50. The van der Waals surface area contributed by atoms with Gasteiger partial charge in [-0.2, -0.15) is 0 Å². The summed E-state index contributed by atoms with van der Waals surface area (Å²) < 4.78 is 0. The first-order valence-corrected chi connectivity index (χ1v) is 13.5. The molecule has 212 valence electrons. The number of allylic oxidation sites excluding steroid dienone is 12. The average molecular weight is 549 g/mol. The van der Waals surface area contributed by atoms with E-state index in [-0.39, 0.29) is 42.2 Å². The van der Waals surface area contributed by atoms with Crippen molar-refractivity contribution in [2.45, 2.75) is 63.1 Å². The van der Waals surface area contributed by atoms with Crippen molar-refractivity contribution in [1.82, 2.24) is 10.6 Å². The number of aliphatic hydroxyl groups is 3. The number of rotatable bonds is 10. The number of carbonyl (C=O) groups excluding carboxylic acids is 4. The molecule has 1 saturated carbocycles. The number of ketones is 2. The SMILES string of the molecule is O=C(/C=C/C=C/C=C/C1CCCCC1)NC1=C[C@@](O)(/C=C/C=C/C=C/C(=O)NC2=C(O)CCC2=O)[C@H](O)CC1=O. The van der Waals surface area contributed by atoms with Gasteiger partial charge in [0, 0.05) is 31.4 Å². The minimum Gasteiger partial charge on any atom is -0.510 e. The monoisotopic (exact) mass is 548 g/mol. The van der Waals surface area contributed by atoms with Crippen LogP contribution in [0.5, 0.6) is 0 Å². The van der Waals surface area contributed by atoms with Crippen LogP contribution < -0.4 is 10.6 Å². The van der Waals surface area contributed by atoms with Crippen molar-refractivity contribution < 1.29 is 34.5 Å². The molecule has 0 aromatic carbocycles. The minimum absolute atomic E-state index is 0.0924. The topological polar surface area (TPSA) is 153 Å². The van der Waals surface area contributed by atoms with Gasteiger partial charge in [0.25, 0.3) is 0 Å². The van der Waals surface area contributed by atoms with Crippen LogP contribution in [0.3, 0.4) is 0 Å². The van der Waals surface area contributed by atoms with E-state index < -0.39 is 29.3 Å². The standard InChI is InChI=1S/C31H36N2O7/c34-24-17-18-25(35)30(24)33-29(39)16-10-3-4-11-19-31(40)21-23(26(36)20-27(31)37)32-28(38)15-9-2-1-6-12-22-13-7-5-8-14-22/h1-4,6,9-12,15-16,19,21-22,27,34,37,40H,5,7-8,13-14,17-18,20H2,(H,32,38)(H,33,39)/b2-1+,4-3+,12-6+,15-9+,16-10+,19-11+/t27-,31+/m1/s1. The van der Waals surface area contributed by atoms with Crippen molar-refractivity contribution in [3.63, 3.8) is 0 Å². The van der Waals surface area contributed by atoms with Gasteiger partial charge in [-0.3, -0.25) is 19.2 Å². The van der Waals surface area contributed by atoms with Gasteiger partial charge in [-0.25, -0.2) is 0 Å². The van der Waals surface area contributed by atoms with Crippen LogP contribution >= 0.6 is 0 Å². The van der Waals surface area contributed by atoms with Crippen LogP contribution in [0.4, 0.5) is 0 Å². The Hall–Kier alpha value is -4.08. The summed E-state index contributed by atoms with van der Waals surface area (Å²) in [4.78, 5) is 48.1. The molecule has 0 saturated heterocycles. The van der Waals surface area contributed by atoms with Gasteiger partial charge < -0.3 is 26.0 Å². The van der Waals surface area contributed by atoms with Crippen LogP contribution in [-0.2, 0) is 19.2 Å². The number of Topliss-reactive ketones (excluding diaryl/α,β-unsaturated/α-hetero) is 2. The van der Waals surface area contributed by atoms with E-state index in [2.05, 4.69) is 16.7 Å². The van der Waals surface area contributed by atoms with Crippen molar-refractivity contribution in [3.05, 3.63) is 96.1 Å². The van der Waals surface area contributed by atoms with Crippen molar-refractivity contribution >= 4 is 23.4 Å². The molecule has 0 aromatic heterocycles. The molecule has 40 heavy (non-hydrogen) atoms. The number of amides is 2. The molecule has 0 heterocycles. The van der Waals surface area contributed by atoms with Crippen LogP contribution in [0.15, 0.2) is 96.1 Å². The molecule has 3 aliphatic carbocycles. The molecular weight excluding hydrogens is 512 g/mol.